The van der Waals surface area contributed by atoms with Crippen LogP contribution in [0.4, 0.5) is 0 Å². The summed E-state index contributed by atoms with van der Waals surface area (Å²) in [6.07, 6.45) is 2.00. The van der Waals surface area contributed by atoms with Gasteiger partial charge in [0.05, 0.1) is 18.0 Å². The van der Waals surface area contributed by atoms with Gasteiger partial charge in [-0.15, -0.1) is 0 Å². The van der Waals surface area contributed by atoms with Crippen molar-refractivity contribution in [2.45, 2.75) is 31.7 Å². The van der Waals surface area contributed by atoms with Crippen LogP contribution in [0, 0.1) is 6.92 Å². The van der Waals surface area contributed by atoms with Crippen molar-refractivity contribution in [3.05, 3.63) is 46.7 Å². The fraction of sp³-hybridized carbons (Fsp3) is 0.438. The molecule has 2 aromatic rings. The number of para-hydroxylation sites is 1. The lowest BCUT2D eigenvalue weighted by molar-refractivity contribution is 0.276. The normalized spacial score (nSPS) is 14.0. The van der Waals surface area contributed by atoms with Crippen molar-refractivity contribution in [3.8, 4) is 5.69 Å². The first-order valence-corrected chi connectivity index (χ1v) is 8.91. The molecular weight excluding hydrogens is 318 g/mol. The number of aryl methyl sites for hydroxylation is 1. The molecular formula is C16H22ClN3OS. The lowest BCUT2D eigenvalue weighted by Crippen LogP contribution is -2.37. The number of halogens is 1. The van der Waals surface area contributed by atoms with Gasteiger partial charge in [-0.1, -0.05) is 29.8 Å². The molecule has 1 aromatic carbocycles. The largest absolute Gasteiger partial charge is 0.395 e. The van der Waals surface area contributed by atoms with Gasteiger partial charge in [0.15, 0.2) is 0 Å². The summed E-state index contributed by atoms with van der Waals surface area (Å²) in [7, 11) is 0. The Bertz CT molecular complexity index is 599. The zero-order chi connectivity index (χ0) is 16.1. The SMILES string of the molecule is CSC(CO)C(C)NCc1c(C)nn(-c2ccccc2)c1Cl. The molecule has 0 saturated heterocycles. The Hall–Kier alpha value is -1.01. The lowest BCUT2D eigenvalue weighted by atomic mass is 10.2. The molecule has 0 bridgehead atoms. The molecule has 22 heavy (non-hydrogen) atoms. The third kappa shape index (κ3) is 3.84. The minimum absolute atomic E-state index is 0.158. The smallest absolute Gasteiger partial charge is 0.137 e. The molecule has 6 heteroatoms. The summed E-state index contributed by atoms with van der Waals surface area (Å²) in [6.45, 7) is 4.83. The van der Waals surface area contributed by atoms with E-state index in [1.807, 2.05) is 43.5 Å². The van der Waals surface area contributed by atoms with Crippen LogP contribution in [0.25, 0.3) is 5.69 Å². The summed E-state index contributed by atoms with van der Waals surface area (Å²) in [5, 5.41) is 18.1. The van der Waals surface area contributed by atoms with Crippen LogP contribution in [0.1, 0.15) is 18.2 Å². The number of aliphatic hydroxyl groups excluding tert-OH is 1. The molecule has 2 rings (SSSR count). The molecule has 120 valence electrons. The number of benzene rings is 1. The van der Waals surface area contributed by atoms with E-state index < -0.39 is 0 Å². The third-order valence-electron chi connectivity index (χ3n) is 3.76. The highest BCUT2D eigenvalue weighted by molar-refractivity contribution is 7.99. The maximum Gasteiger partial charge on any atom is 0.137 e. The van der Waals surface area contributed by atoms with Gasteiger partial charge >= 0.3 is 0 Å². The Morgan fingerprint density at radius 2 is 2.05 bits per heavy atom. The second-order valence-corrected chi connectivity index (χ2v) is 6.66. The average molecular weight is 340 g/mol. The summed E-state index contributed by atoms with van der Waals surface area (Å²) < 4.78 is 1.76. The second-order valence-electron chi connectivity index (χ2n) is 5.23. The van der Waals surface area contributed by atoms with Gasteiger partial charge in [0.1, 0.15) is 5.15 Å². The molecule has 0 amide bonds. The highest BCUT2D eigenvalue weighted by Crippen LogP contribution is 2.23. The van der Waals surface area contributed by atoms with Crippen molar-refractivity contribution in [1.29, 1.82) is 0 Å². The summed E-state index contributed by atoms with van der Waals surface area (Å²) in [6, 6.07) is 10.0. The first-order chi connectivity index (χ1) is 10.6. The van der Waals surface area contributed by atoms with Crippen molar-refractivity contribution in [1.82, 2.24) is 15.1 Å². The minimum Gasteiger partial charge on any atom is -0.395 e. The van der Waals surface area contributed by atoms with Crippen LogP contribution >= 0.6 is 23.4 Å². The Kier molecular flexibility index (Phi) is 6.32. The van der Waals surface area contributed by atoms with Gasteiger partial charge in [0, 0.05) is 23.4 Å². The quantitative estimate of drug-likeness (QED) is 0.814. The van der Waals surface area contributed by atoms with Gasteiger partial charge < -0.3 is 10.4 Å². The highest BCUT2D eigenvalue weighted by atomic mass is 35.5. The van der Waals surface area contributed by atoms with E-state index in [2.05, 4.69) is 17.3 Å². The predicted molar refractivity (Wildman–Crippen MR) is 94.0 cm³/mol. The van der Waals surface area contributed by atoms with E-state index in [1.54, 1.807) is 16.4 Å². The zero-order valence-electron chi connectivity index (χ0n) is 13.1. The zero-order valence-corrected chi connectivity index (χ0v) is 14.7. The maximum atomic E-state index is 9.35. The molecule has 0 aliphatic rings. The minimum atomic E-state index is 0.158. The summed E-state index contributed by atoms with van der Waals surface area (Å²) in [4.78, 5) is 0. The standard InChI is InChI=1S/C16H22ClN3OS/c1-11-14(9-18-12(2)15(10-21)22-3)16(17)20(19-11)13-7-5-4-6-8-13/h4-8,12,15,18,21H,9-10H2,1-3H3. The van der Waals surface area contributed by atoms with Crippen molar-refractivity contribution < 1.29 is 5.11 Å². The van der Waals surface area contributed by atoms with E-state index in [9.17, 15) is 5.11 Å². The number of nitrogens with zero attached hydrogens (tertiary/aromatic N) is 2. The number of hydrogen-bond donors (Lipinski definition) is 2. The van der Waals surface area contributed by atoms with E-state index >= 15 is 0 Å². The number of rotatable bonds is 7. The Balaban J connectivity index is 2.14. The fourth-order valence-corrected chi connectivity index (χ4v) is 3.30. The van der Waals surface area contributed by atoms with Gasteiger partial charge in [0.25, 0.3) is 0 Å². The summed E-state index contributed by atoms with van der Waals surface area (Å²) in [5.74, 6) is 0. The number of nitrogens with one attached hydrogen (secondary N) is 1. The number of hydrogen-bond acceptors (Lipinski definition) is 4. The van der Waals surface area contributed by atoms with E-state index in [1.165, 1.54) is 0 Å². The van der Waals surface area contributed by atoms with Crippen LogP contribution < -0.4 is 5.32 Å². The molecule has 0 saturated carbocycles. The summed E-state index contributed by atoms with van der Waals surface area (Å²) >= 11 is 8.16. The molecule has 2 atom stereocenters. The number of aromatic nitrogens is 2. The predicted octanol–water partition coefficient (Wildman–Crippen LogP) is 3.04. The van der Waals surface area contributed by atoms with E-state index in [0.717, 1.165) is 16.9 Å². The highest BCUT2D eigenvalue weighted by Gasteiger charge is 2.18. The molecule has 2 N–H and O–H groups in total. The van der Waals surface area contributed by atoms with Crippen molar-refractivity contribution in [2.75, 3.05) is 12.9 Å². The average Bonchev–Trinajstić information content (AvgIpc) is 2.82. The Morgan fingerprint density at radius 3 is 2.64 bits per heavy atom. The second kappa shape index (κ2) is 8.02. The van der Waals surface area contributed by atoms with Crippen LogP contribution in [0.2, 0.25) is 5.15 Å². The molecule has 0 spiro atoms. The van der Waals surface area contributed by atoms with Gasteiger partial charge in [-0.3, -0.25) is 0 Å². The molecule has 0 aliphatic heterocycles. The van der Waals surface area contributed by atoms with E-state index in [0.29, 0.717) is 11.7 Å². The summed E-state index contributed by atoms with van der Waals surface area (Å²) in [5.41, 5.74) is 2.86. The van der Waals surface area contributed by atoms with Gasteiger partial charge in [-0.25, -0.2) is 4.68 Å². The fourth-order valence-electron chi connectivity index (χ4n) is 2.30. The van der Waals surface area contributed by atoms with Crippen LogP contribution in [-0.4, -0.2) is 39.0 Å². The Labute approximate surface area is 140 Å². The third-order valence-corrected chi connectivity index (χ3v) is 5.31. The van der Waals surface area contributed by atoms with Crippen LogP contribution in [-0.2, 0) is 6.54 Å². The van der Waals surface area contributed by atoms with Crippen LogP contribution in [0.5, 0.6) is 0 Å². The Morgan fingerprint density at radius 1 is 1.36 bits per heavy atom. The van der Waals surface area contributed by atoms with Crippen molar-refractivity contribution in [2.24, 2.45) is 0 Å². The molecule has 4 nitrogen and oxygen atoms in total. The molecule has 0 radical (unpaired) electrons. The number of aliphatic hydroxyl groups is 1. The van der Waals surface area contributed by atoms with Crippen molar-refractivity contribution >= 4 is 23.4 Å². The topological polar surface area (TPSA) is 50.1 Å². The van der Waals surface area contributed by atoms with E-state index in [4.69, 9.17) is 11.6 Å². The first-order valence-electron chi connectivity index (χ1n) is 7.25. The molecule has 1 aromatic heterocycles. The van der Waals surface area contributed by atoms with Crippen LogP contribution in [0.3, 0.4) is 0 Å². The maximum absolute atomic E-state index is 9.35. The van der Waals surface area contributed by atoms with Gasteiger partial charge in [0.2, 0.25) is 0 Å². The van der Waals surface area contributed by atoms with E-state index in [-0.39, 0.29) is 17.9 Å². The number of thioether (sulfide) groups is 1. The first kappa shape index (κ1) is 17.3. The molecule has 0 fully saturated rings. The monoisotopic (exact) mass is 339 g/mol. The van der Waals surface area contributed by atoms with Crippen molar-refractivity contribution in [3.63, 3.8) is 0 Å². The lowest BCUT2D eigenvalue weighted by Gasteiger charge is -2.21. The van der Waals surface area contributed by atoms with Gasteiger partial charge in [-0.05, 0) is 32.2 Å². The molecule has 2 unspecified atom stereocenters. The van der Waals surface area contributed by atoms with Gasteiger partial charge in [-0.2, -0.15) is 16.9 Å². The molecule has 0 aliphatic carbocycles. The molecule has 1 heterocycles. The van der Waals surface area contributed by atoms with Crippen LogP contribution in [0.15, 0.2) is 30.3 Å².